The van der Waals surface area contributed by atoms with E-state index in [9.17, 15) is 19.2 Å². The Kier molecular flexibility index (Phi) is 6.56. The van der Waals surface area contributed by atoms with Crippen molar-refractivity contribution in [3.63, 3.8) is 0 Å². The maximum atomic E-state index is 13.0. The maximum absolute atomic E-state index is 13.0. The third kappa shape index (κ3) is 4.44. The van der Waals surface area contributed by atoms with Crippen LogP contribution in [0.25, 0.3) is 0 Å². The second-order valence-corrected chi connectivity index (χ2v) is 8.74. The van der Waals surface area contributed by atoms with E-state index in [0.717, 1.165) is 29.0 Å². The molecule has 3 rings (SSSR count). The minimum Gasteiger partial charge on any atom is -0.350 e. The molecule has 0 aromatic carbocycles. The lowest BCUT2D eigenvalue weighted by atomic mass is 9.73. The van der Waals surface area contributed by atoms with Crippen LogP contribution in [0.1, 0.15) is 44.4 Å². The molecule has 1 saturated heterocycles. The molecule has 1 spiro atoms. The Morgan fingerprint density at radius 2 is 2.17 bits per heavy atom. The van der Waals surface area contributed by atoms with E-state index >= 15 is 0 Å². The van der Waals surface area contributed by atoms with E-state index in [4.69, 9.17) is 0 Å². The van der Waals surface area contributed by atoms with E-state index < -0.39 is 17.5 Å². The molecule has 1 aliphatic carbocycles. The SMILES string of the molecule is CCN(CC(=O)NCc1cccs1)C(=O)CN1C(=O)N[C@]2(CCCC[C@H]2C)C1=O. The fourth-order valence-electron chi connectivity index (χ4n) is 4.08. The molecule has 0 radical (unpaired) electrons. The van der Waals surface area contributed by atoms with Gasteiger partial charge in [0, 0.05) is 11.4 Å². The lowest BCUT2D eigenvalue weighted by Gasteiger charge is -2.36. The lowest BCUT2D eigenvalue weighted by molar-refractivity contribution is -0.141. The summed E-state index contributed by atoms with van der Waals surface area (Å²) < 4.78 is 0. The van der Waals surface area contributed by atoms with Crippen molar-refractivity contribution in [3.8, 4) is 0 Å². The number of amides is 5. The summed E-state index contributed by atoms with van der Waals surface area (Å²) in [5.74, 6) is -0.967. The van der Waals surface area contributed by atoms with Crippen LogP contribution in [0.15, 0.2) is 17.5 Å². The molecule has 2 aliphatic rings. The average Bonchev–Trinajstić information content (AvgIpc) is 3.30. The molecule has 1 aromatic rings. The van der Waals surface area contributed by atoms with Crippen molar-refractivity contribution in [1.82, 2.24) is 20.4 Å². The quantitative estimate of drug-likeness (QED) is 0.656. The molecule has 1 aromatic heterocycles. The van der Waals surface area contributed by atoms with Crippen LogP contribution >= 0.6 is 11.3 Å². The molecule has 1 saturated carbocycles. The van der Waals surface area contributed by atoms with Crippen LogP contribution in [-0.4, -0.2) is 58.7 Å². The minimum atomic E-state index is -0.884. The van der Waals surface area contributed by atoms with Crippen LogP contribution in [0.5, 0.6) is 0 Å². The number of urea groups is 1. The van der Waals surface area contributed by atoms with Gasteiger partial charge in [-0.05, 0) is 37.1 Å². The zero-order valence-corrected chi connectivity index (χ0v) is 17.7. The molecule has 2 heterocycles. The summed E-state index contributed by atoms with van der Waals surface area (Å²) in [4.78, 5) is 53.8. The van der Waals surface area contributed by atoms with E-state index in [-0.39, 0.29) is 30.8 Å². The zero-order chi connectivity index (χ0) is 21.0. The Morgan fingerprint density at radius 3 is 2.83 bits per heavy atom. The van der Waals surface area contributed by atoms with Crippen molar-refractivity contribution in [2.45, 2.75) is 51.6 Å². The van der Waals surface area contributed by atoms with Gasteiger partial charge >= 0.3 is 6.03 Å². The number of rotatable bonds is 7. The van der Waals surface area contributed by atoms with Gasteiger partial charge in [0.2, 0.25) is 11.8 Å². The molecule has 2 fully saturated rings. The summed E-state index contributed by atoms with van der Waals surface area (Å²) in [5, 5.41) is 7.56. The summed E-state index contributed by atoms with van der Waals surface area (Å²) in [7, 11) is 0. The standard InChI is InChI=1S/C20H28N4O4S/c1-3-23(12-16(25)21-11-15-8-6-10-29-15)17(26)13-24-18(27)20(22-19(24)28)9-5-4-7-14(20)2/h6,8,10,14H,3-5,7,9,11-13H2,1-2H3,(H,21,25)(H,22,28)/t14-,20+/m1/s1. The van der Waals surface area contributed by atoms with E-state index in [1.54, 1.807) is 18.3 Å². The largest absolute Gasteiger partial charge is 0.350 e. The maximum Gasteiger partial charge on any atom is 0.325 e. The average molecular weight is 421 g/mol. The first kappa shape index (κ1) is 21.3. The van der Waals surface area contributed by atoms with Crippen molar-refractivity contribution in [3.05, 3.63) is 22.4 Å². The van der Waals surface area contributed by atoms with Crippen molar-refractivity contribution in [2.24, 2.45) is 5.92 Å². The van der Waals surface area contributed by atoms with Gasteiger partial charge in [-0.1, -0.05) is 25.8 Å². The van der Waals surface area contributed by atoms with Crippen molar-refractivity contribution >= 4 is 35.1 Å². The Balaban J connectivity index is 1.58. The molecule has 8 nitrogen and oxygen atoms in total. The number of likely N-dealkylation sites (N-methyl/N-ethyl adjacent to an activating group) is 1. The van der Waals surface area contributed by atoms with E-state index in [1.165, 1.54) is 4.90 Å². The highest BCUT2D eigenvalue weighted by atomic mass is 32.1. The van der Waals surface area contributed by atoms with E-state index in [1.807, 2.05) is 24.4 Å². The molecule has 2 atom stereocenters. The first-order chi connectivity index (χ1) is 13.9. The van der Waals surface area contributed by atoms with Crippen LogP contribution in [0.2, 0.25) is 0 Å². The molecular formula is C20H28N4O4S. The molecule has 158 valence electrons. The van der Waals surface area contributed by atoms with E-state index in [2.05, 4.69) is 10.6 Å². The fraction of sp³-hybridized carbons (Fsp3) is 0.600. The summed E-state index contributed by atoms with van der Waals surface area (Å²) >= 11 is 1.54. The normalized spacial score (nSPS) is 23.9. The number of hydrogen-bond acceptors (Lipinski definition) is 5. The third-order valence-electron chi connectivity index (χ3n) is 5.90. The molecule has 5 amide bonds. The topological polar surface area (TPSA) is 98.8 Å². The Bertz CT molecular complexity index is 781. The Morgan fingerprint density at radius 1 is 1.38 bits per heavy atom. The third-order valence-corrected chi connectivity index (χ3v) is 6.78. The Labute approximate surface area is 174 Å². The van der Waals surface area contributed by atoms with Gasteiger partial charge in [0.1, 0.15) is 12.1 Å². The highest BCUT2D eigenvalue weighted by Crippen LogP contribution is 2.38. The summed E-state index contributed by atoms with van der Waals surface area (Å²) in [5.41, 5.74) is -0.884. The van der Waals surface area contributed by atoms with Gasteiger partial charge in [-0.15, -0.1) is 11.3 Å². The first-order valence-corrected chi connectivity index (χ1v) is 11.0. The van der Waals surface area contributed by atoms with Gasteiger partial charge in [-0.25, -0.2) is 4.79 Å². The molecule has 29 heavy (non-hydrogen) atoms. The van der Waals surface area contributed by atoms with Gasteiger partial charge in [0.15, 0.2) is 0 Å². The predicted molar refractivity (Wildman–Crippen MR) is 109 cm³/mol. The number of carbonyl (C=O) groups excluding carboxylic acids is 4. The summed E-state index contributed by atoms with van der Waals surface area (Å²) in [6.07, 6.45) is 3.39. The molecule has 9 heteroatoms. The first-order valence-electron chi connectivity index (χ1n) is 10.1. The molecular weight excluding hydrogens is 392 g/mol. The summed E-state index contributed by atoms with van der Waals surface area (Å²) in [6, 6.07) is 3.31. The predicted octanol–water partition coefficient (Wildman–Crippen LogP) is 1.71. The van der Waals surface area contributed by atoms with Crippen molar-refractivity contribution in [1.29, 1.82) is 0 Å². The summed E-state index contributed by atoms with van der Waals surface area (Å²) in [6.45, 7) is 4.02. The van der Waals surface area contributed by atoms with E-state index in [0.29, 0.717) is 19.5 Å². The fourth-order valence-corrected chi connectivity index (χ4v) is 4.72. The van der Waals surface area contributed by atoms with Crippen LogP contribution < -0.4 is 10.6 Å². The smallest absolute Gasteiger partial charge is 0.325 e. The molecule has 0 bridgehead atoms. The van der Waals surface area contributed by atoms with Crippen molar-refractivity contribution < 1.29 is 19.2 Å². The van der Waals surface area contributed by atoms with Crippen LogP contribution in [0, 0.1) is 5.92 Å². The van der Waals surface area contributed by atoms with Crippen LogP contribution in [0.4, 0.5) is 4.79 Å². The zero-order valence-electron chi connectivity index (χ0n) is 16.9. The van der Waals surface area contributed by atoms with Gasteiger partial charge < -0.3 is 15.5 Å². The number of thiophene rings is 1. The van der Waals surface area contributed by atoms with Crippen LogP contribution in [-0.2, 0) is 20.9 Å². The molecule has 0 unspecified atom stereocenters. The van der Waals surface area contributed by atoms with Gasteiger partial charge in [0.05, 0.1) is 13.1 Å². The second kappa shape index (κ2) is 8.94. The number of hydrogen-bond donors (Lipinski definition) is 2. The molecule has 1 aliphatic heterocycles. The van der Waals surface area contributed by atoms with Gasteiger partial charge in [-0.2, -0.15) is 0 Å². The highest BCUT2D eigenvalue weighted by molar-refractivity contribution is 7.09. The monoisotopic (exact) mass is 420 g/mol. The number of carbonyl (C=O) groups is 4. The lowest BCUT2D eigenvalue weighted by Crippen LogP contribution is -2.54. The molecule has 2 N–H and O–H groups in total. The number of nitrogens with zero attached hydrogens (tertiary/aromatic N) is 2. The number of nitrogens with one attached hydrogen (secondary N) is 2. The van der Waals surface area contributed by atoms with Crippen LogP contribution in [0.3, 0.4) is 0 Å². The second-order valence-electron chi connectivity index (χ2n) is 7.70. The highest BCUT2D eigenvalue weighted by Gasteiger charge is 2.55. The minimum absolute atomic E-state index is 0.0399. The van der Waals surface area contributed by atoms with Gasteiger partial charge in [0.25, 0.3) is 5.91 Å². The van der Waals surface area contributed by atoms with Crippen molar-refractivity contribution in [2.75, 3.05) is 19.6 Å². The Hall–Kier alpha value is -2.42. The van der Waals surface area contributed by atoms with Gasteiger partial charge in [-0.3, -0.25) is 19.3 Å². The number of imide groups is 1.